The molecule has 0 saturated heterocycles. The van der Waals surface area contributed by atoms with Gasteiger partial charge in [0, 0.05) is 22.3 Å². The fraction of sp³-hybridized carbons (Fsp3) is 0.429. The summed E-state index contributed by atoms with van der Waals surface area (Å²) >= 11 is 7.14. The number of nitrogens with one attached hydrogen (secondary N) is 1. The van der Waals surface area contributed by atoms with Crippen molar-refractivity contribution in [2.45, 2.75) is 19.0 Å². The summed E-state index contributed by atoms with van der Waals surface area (Å²) in [7, 11) is 4.27. The number of nitrogens with zero attached hydrogens (tertiary/aromatic N) is 1. The highest BCUT2D eigenvalue weighted by atomic mass is 79.9. The molecule has 19 heavy (non-hydrogen) atoms. The summed E-state index contributed by atoms with van der Waals surface area (Å²) in [4.78, 5) is 5.06. The highest BCUT2D eigenvalue weighted by molar-refractivity contribution is 9.11. The molecule has 104 valence electrons. The molecule has 2 aromatic rings. The third kappa shape index (κ3) is 4.13. The molecule has 0 radical (unpaired) electrons. The van der Waals surface area contributed by atoms with Gasteiger partial charge in [0.1, 0.15) is 0 Å². The summed E-state index contributed by atoms with van der Waals surface area (Å²) < 4.78 is 1.19. The lowest BCUT2D eigenvalue weighted by Crippen LogP contribution is -2.31. The number of hydrogen-bond acceptors (Lipinski definition) is 4. The smallest absolute Gasteiger partial charge is 0.0701 e. The SMILES string of the molecule is CC(NCC(c1cccs1)N(C)C)c1ccc(Br)s1. The van der Waals surface area contributed by atoms with Crippen molar-refractivity contribution < 1.29 is 0 Å². The number of halogens is 1. The van der Waals surface area contributed by atoms with E-state index in [4.69, 9.17) is 0 Å². The van der Waals surface area contributed by atoms with Crippen LogP contribution in [0.4, 0.5) is 0 Å². The van der Waals surface area contributed by atoms with E-state index >= 15 is 0 Å². The van der Waals surface area contributed by atoms with Gasteiger partial charge in [-0.15, -0.1) is 22.7 Å². The fourth-order valence-corrected chi connectivity index (χ4v) is 4.34. The van der Waals surface area contributed by atoms with E-state index in [1.807, 2.05) is 11.3 Å². The normalized spacial score (nSPS) is 14.8. The molecular formula is C14H19BrN2S2. The molecule has 0 saturated carbocycles. The summed E-state index contributed by atoms with van der Waals surface area (Å²) in [6.45, 7) is 3.18. The first-order valence-corrected chi connectivity index (χ1v) is 8.75. The van der Waals surface area contributed by atoms with Gasteiger partial charge in [-0.3, -0.25) is 0 Å². The number of rotatable bonds is 6. The predicted molar refractivity (Wildman–Crippen MR) is 89.2 cm³/mol. The van der Waals surface area contributed by atoms with Gasteiger partial charge in [0.15, 0.2) is 0 Å². The molecule has 5 heteroatoms. The van der Waals surface area contributed by atoms with Crippen molar-refractivity contribution in [3.8, 4) is 0 Å². The molecule has 0 spiro atoms. The summed E-state index contributed by atoms with van der Waals surface area (Å²) in [6, 6.07) is 9.45. The van der Waals surface area contributed by atoms with Crippen molar-refractivity contribution in [2.24, 2.45) is 0 Å². The Labute approximate surface area is 131 Å². The summed E-state index contributed by atoms with van der Waals surface area (Å²) in [5.41, 5.74) is 0. The minimum atomic E-state index is 0.388. The molecule has 0 bridgehead atoms. The van der Waals surface area contributed by atoms with Gasteiger partial charge in [0.05, 0.1) is 9.83 Å². The molecule has 2 atom stereocenters. The van der Waals surface area contributed by atoms with Crippen LogP contribution in [0.3, 0.4) is 0 Å². The topological polar surface area (TPSA) is 15.3 Å². The molecule has 0 aliphatic heterocycles. The Morgan fingerprint density at radius 1 is 1.26 bits per heavy atom. The quantitative estimate of drug-likeness (QED) is 0.816. The molecule has 0 aromatic carbocycles. The van der Waals surface area contributed by atoms with E-state index < -0.39 is 0 Å². The van der Waals surface area contributed by atoms with Gasteiger partial charge < -0.3 is 10.2 Å². The van der Waals surface area contributed by atoms with Crippen LogP contribution in [0.1, 0.15) is 28.8 Å². The van der Waals surface area contributed by atoms with E-state index in [-0.39, 0.29) is 0 Å². The van der Waals surface area contributed by atoms with E-state index in [0.717, 1.165) is 6.54 Å². The Balaban J connectivity index is 1.96. The Bertz CT molecular complexity index is 493. The van der Waals surface area contributed by atoms with Gasteiger partial charge in [-0.25, -0.2) is 0 Å². The second-order valence-electron chi connectivity index (χ2n) is 4.77. The zero-order valence-corrected chi connectivity index (χ0v) is 14.6. The summed E-state index contributed by atoms with van der Waals surface area (Å²) in [5, 5.41) is 5.78. The Morgan fingerprint density at radius 3 is 2.58 bits per heavy atom. The van der Waals surface area contributed by atoms with Crippen molar-refractivity contribution in [3.05, 3.63) is 43.2 Å². The van der Waals surface area contributed by atoms with Gasteiger partial charge in [-0.05, 0) is 60.5 Å². The van der Waals surface area contributed by atoms with E-state index in [2.05, 4.69) is 76.8 Å². The molecule has 2 unspecified atom stereocenters. The van der Waals surface area contributed by atoms with Gasteiger partial charge in [0.25, 0.3) is 0 Å². The lowest BCUT2D eigenvalue weighted by Gasteiger charge is -2.25. The summed E-state index contributed by atoms with van der Waals surface area (Å²) in [6.07, 6.45) is 0. The van der Waals surface area contributed by atoms with Crippen LogP contribution in [0.2, 0.25) is 0 Å². The van der Waals surface area contributed by atoms with Crippen LogP contribution in [0.15, 0.2) is 33.4 Å². The molecule has 2 rings (SSSR count). The molecule has 0 aliphatic carbocycles. The fourth-order valence-electron chi connectivity index (χ4n) is 1.97. The van der Waals surface area contributed by atoms with Crippen LogP contribution in [0.5, 0.6) is 0 Å². The first-order chi connectivity index (χ1) is 9.08. The van der Waals surface area contributed by atoms with E-state index in [9.17, 15) is 0 Å². The molecule has 1 N–H and O–H groups in total. The largest absolute Gasteiger partial charge is 0.308 e. The molecule has 2 heterocycles. The van der Waals surface area contributed by atoms with Gasteiger partial charge >= 0.3 is 0 Å². The van der Waals surface area contributed by atoms with Crippen LogP contribution < -0.4 is 5.32 Å². The Morgan fingerprint density at radius 2 is 2.05 bits per heavy atom. The molecule has 0 fully saturated rings. The Kier molecular flexibility index (Phi) is 5.59. The van der Waals surface area contributed by atoms with E-state index in [1.165, 1.54) is 13.5 Å². The highest BCUT2D eigenvalue weighted by Gasteiger charge is 2.16. The van der Waals surface area contributed by atoms with Crippen LogP contribution in [0.25, 0.3) is 0 Å². The zero-order chi connectivity index (χ0) is 13.8. The van der Waals surface area contributed by atoms with Gasteiger partial charge in [0.2, 0.25) is 0 Å². The Hall–Kier alpha value is -0.200. The van der Waals surface area contributed by atoms with Crippen LogP contribution in [-0.4, -0.2) is 25.5 Å². The van der Waals surface area contributed by atoms with Gasteiger partial charge in [-0.2, -0.15) is 0 Å². The number of thiophene rings is 2. The second kappa shape index (κ2) is 6.99. The van der Waals surface area contributed by atoms with E-state index in [0.29, 0.717) is 12.1 Å². The maximum Gasteiger partial charge on any atom is 0.0701 e. The lowest BCUT2D eigenvalue weighted by molar-refractivity contribution is 0.286. The highest BCUT2D eigenvalue weighted by Crippen LogP contribution is 2.28. The zero-order valence-electron chi connectivity index (χ0n) is 11.4. The molecule has 2 nitrogen and oxygen atoms in total. The predicted octanol–water partition coefficient (Wildman–Crippen LogP) is 4.53. The van der Waals surface area contributed by atoms with Crippen molar-refractivity contribution in [2.75, 3.05) is 20.6 Å². The molecule has 2 aromatic heterocycles. The average molecular weight is 359 g/mol. The minimum Gasteiger partial charge on any atom is -0.308 e. The third-order valence-electron chi connectivity index (χ3n) is 3.13. The summed E-state index contributed by atoms with van der Waals surface area (Å²) in [5.74, 6) is 0. The molecule has 0 amide bonds. The average Bonchev–Trinajstić information content (AvgIpc) is 3.00. The van der Waals surface area contributed by atoms with Crippen molar-refractivity contribution in [1.29, 1.82) is 0 Å². The minimum absolute atomic E-state index is 0.388. The van der Waals surface area contributed by atoms with Gasteiger partial charge in [-0.1, -0.05) is 6.07 Å². The van der Waals surface area contributed by atoms with Crippen molar-refractivity contribution >= 4 is 38.6 Å². The standard InChI is InChI=1S/C14H19BrN2S2/c1-10(12-6-7-14(15)19-12)16-9-11(17(2)3)13-5-4-8-18-13/h4-8,10-11,16H,9H2,1-3H3. The monoisotopic (exact) mass is 358 g/mol. The maximum absolute atomic E-state index is 3.64. The van der Waals surface area contributed by atoms with Crippen LogP contribution in [0, 0.1) is 0 Å². The third-order valence-corrected chi connectivity index (χ3v) is 5.91. The van der Waals surface area contributed by atoms with Crippen molar-refractivity contribution in [3.63, 3.8) is 0 Å². The molecular weight excluding hydrogens is 340 g/mol. The number of likely N-dealkylation sites (N-methyl/N-ethyl adjacent to an activating group) is 1. The first-order valence-electron chi connectivity index (χ1n) is 6.26. The second-order valence-corrected chi connectivity index (χ2v) is 8.24. The van der Waals surface area contributed by atoms with Crippen molar-refractivity contribution in [1.82, 2.24) is 10.2 Å². The molecule has 0 aliphatic rings. The maximum atomic E-state index is 3.64. The van der Waals surface area contributed by atoms with Crippen LogP contribution >= 0.6 is 38.6 Å². The van der Waals surface area contributed by atoms with E-state index in [1.54, 1.807) is 11.3 Å². The van der Waals surface area contributed by atoms with Crippen LogP contribution in [-0.2, 0) is 0 Å². The number of hydrogen-bond donors (Lipinski definition) is 1. The first kappa shape index (κ1) is 15.2. The lowest BCUT2D eigenvalue weighted by atomic mass is 10.2.